The van der Waals surface area contributed by atoms with Crippen molar-refractivity contribution < 1.29 is 19.5 Å². The molecule has 2 amide bonds. The molecular formula is C32H22BrN3O4. The minimum atomic E-state index is -0.464. The Morgan fingerprint density at radius 1 is 0.675 bits per heavy atom. The largest absolute Gasteiger partial charge is 0.400 e. The first-order valence-electron chi connectivity index (χ1n) is 12.3. The van der Waals surface area contributed by atoms with Gasteiger partial charge in [-0.3, -0.25) is 14.4 Å². The van der Waals surface area contributed by atoms with E-state index in [1.807, 2.05) is 66.7 Å². The van der Waals surface area contributed by atoms with E-state index in [0.717, 1.165) is 38.9 Å². The maximum absolute atomic E-state index is 13.2. The van der Waals surface area contributed by atoms with Crippen LogP contribution in [-0.4, -0.2) is 40.3 Å². The number of aliphatic hydroxyl groups is 1. The van der Waals surface area contributed by atoms with Crippen molar-refractivity contribution in [2.75, 3.05) is 12.0 Å². The van der Waals surface area contributed by atoms with E-state index < -0.39 is 11.8 Å². The average molecular weight is 592 g/mol. The molecule has 8 heteroatoms. The number of aromatic nitrogens is 2. The lowest BCUT2D eigenvalue weighted by atomic mass is 10.1. The smallest absolute Gasteiger partial charge is 0.266 e. The Hall–Kier alpha value is -4.79. The lowest BCUT2D eigenvalue weighted by Gasteiger charge is -2.15. The fraction of sp³-hybridized carbons (Fsp3) is 0.0312. The van der Waals surface area contributed by atoms with Crippen molar-refractivity contribution in [3.63, 3.8) is 0 Å². The van der Waals surface area contributed by atoms with Gasteiger partial charge in [0.25, 0.3) is 11.8 Å². The summed E-state index contributed by atoms with van der Waals surface area (Å²) in [6.07, 6.45) is 0.657. The van der Waals surface area contributed by atoms with Gasteiger partial charge in [0.2, 0.25) is 0 Å². The summed E-state index contributed by atoms with van der Waals surface area (Å²) in [6, 6.07) is 31.1. The minimum Gasteiger partial charge on any atom is -0.400 e. The van der Waals surface area contributed by atoms with E-state index in [1.165, 1.54) is 18.2 Å². The second kappa shape index (κ2) is 11.5. The number of hydrogen-bond donors (Lipinski definition) is 1. The summed E-state index contributed by atoms with van der Waals surface area (Å²) in [7, 11) is 1.00. The zero-order valence-electron chi connectivity index (χ0n) is 21.3. The predicted molar refractivity (Wildman–Crippen MR) is 157 cm³/mol. The highest BCUT2D eigenvalue weighted by molar-refractivity contribution is 9.10. The number of carbonyl (C=O) groups excluding carboxylic acids is 3. The quantitative estimate of drug-likeness (QED) is 0.186. The number of rotatable bonds is 5. The standard InChI is InChI=1S/C31H18BrN3O3.CH4O/c32-23-12-10-20(11-13-23)27-17-28(34-29(33-27)21-5-2-1-3-6-21)22-7-4-8-24(16-22)35-30(37)25-14-9-19(18-36)15-26(25)31(35)38;1-2/h1-18H;2H,1H3. The van der Waals surface area contributed by atoms with Crippen LogP contribution >= 0.6 is 15.9 Å². The van der Waals surface area contributed by atoms with Crippen LogP contribution in [0.15, 0.2) is 108 Å². The second-order valence-electron chi connectivity index (χ2n) is 8.75. The molecule has 1 aliphatic heterocycles. The van der Waals surface area contributed by atoms with Crippen LogP contribution < -0.4 is 4.90 Å². The lowest BCUT2D eigenvalue weighted by molar-refractivity contribution is 0.0926. The van der Waals surface area contributed by atoms with Crippen LogP contribution in [0.5, 0.6) is 0 Å². The van der Waals surface area contributed by atoms with Crippen LogP contribution in [0.25, 0.3) is 33.9 Å². The summed E-state index contributed by atoms with van der Waals surface area (Å²) >= 11 is 3.48. The number of fused-ring (bicyclic) bond motifs is 1. The van der Waals surface area contributed by atoms with E-state index in [9.17, 15) is 14.4 Å². The molecule has 0 saturated heterocycles. The van der Waals surface area contributed by atoms with E-state index in [4.69, 9.17) is 15.1 Å². The molecule has 0 fully saturated rings. The Labute approximate surface area is 238 Å². The monoisotopic (exact) mass is 591 g/mol. The van der Waals surface area contributed by atoms with Crippen LogP contribution in [0.4, 0.5) is 5.69 Å². The van der Waals surface area contributed by atoms with E-state index in [0.29, 0.717) is 29.1 Å². The zero-order valence-corrected chi connectivity index (χ0v) is 22.9. The van der Waals surface area contributed by atoms with Gasteiger partial charge in [-0.05, 0) is 42.5 Å². The van der Waals surface area contributed by atoms with Crippen molar-refractivity contribution in [2.45, 2.75) is 0 Å². The van der Waals surface area contributed by atoms with Crippen LogP contribution in [-0.2, 0) is 0 Å². The molecule has 7 nitrogen and oxygen atoms in total. The molecule has 1 aromatic heterocycles. The number of anilines is 1. The molecule has 0 atom stereocenters. The number of hydrogen-bond acceptors (Lipinski definition) is 6. The van der Waals surface area contributed by atoms with Gasteiger partial charge in [-0.25, -0.2) is 14.9 Å². The van der Waals surface area contributed by atoms with Crippen LogP contribution in [0, 0.1) is 0 Å². The number of benzene rings is 4. The third kappa shape index (κ3) is 5.10. The molecule has 0 saturated carbocycles. The summed E-state index contributed by atoms with van der Waals surface area (Å²) in [5, 5.41) is 7.00. The summed E-state index contributed by atoms with van der Waals surface area (Å²) < 4.78 is 0.965. The van der Waals surface area contributed by atoms with Crippen molar-refractivity contribution in [1.82, 2.24) is 9.97 Å². The molecular weight excluding hydrogens is 570 g/mol. The third-order valence-corrected chi connectivity index (χ3v) is 6.87. The molecule has 40 heavy (non-hydrogen) atoms. The van der Waals surface area contributed by atoms with Gasteiger partial charge in [-0.1, -0.05) is 76.6 Å². The molecule has 1 aliphatic rings. The maximum Gasteiger partial charge on any atom is 0.266 e. The summed E-state index contributed by atoms with van der Waals surface area (Å²) in [5.41, 5.74) is 5.18. The van der Waals surface area contributed by atoms with E-state index in [1.54, 1.807) is 18.2 Å². The first-order chi connectivity index (χ1) is 19.5. The van der Waals surface area contributed by atoms with Gasteiger partial charge < -0.3 is 5.11 Å². The van der Waals surface area contributed by atoms with Crippen molar-refractivity contribution in [3.8, 4) is 33.9 Å². The highest BCUT2D eigenvalue weighted by Gasteiger charge is 2.37. The van der Waals surface area contributed by atoms with Crippen LogP contribution in [0.1, 0.15) is 31.1 Å². The van der Waals surface area contributed by atoms with Crippen LogP contribution in [0.3, 0.4) is 0 Å². The van der Waals surface area contributed by atoms with E-state index in [-0.39, 0.29) is 11.1 Å². The second-order valence-corrected chi connectivity index (χ2v) is 9.67. The molecule has 0 unspecified atom stereocenters. The number of imide groups is 1. The fourth-order valence-corrected chi connectivity index (χ4v) is 4.71. The van der Waals surface area contributed by atoms with E-state index >= 15 is 0 Å². The third-order valence-electron chi connectivity index (χ3n) is 6.34. The Bertz CT molecular complexity index is 1740. The molecule has 0 bridgehead atoms. The summed E-state index contributed by atoms with van der Waals surface area (Å²) in [5.74, 6) is -0.328. The zero-order chi connectivity index (χ0) is 28.2. The highest BCUT2D eigenvalue weighted by Crippen LogP contribution is 2.33. The van der Waals surface area contributed by atoms with Gasteiger partial charge in [0.05, 0.1) is 28.2 Å². The van der Waals surface area contributed by atoms with Crippen LogP contribution in [0.2, 0.25) is 0 Å². The summed E-state index contributed by atoms with van der Waals surface area (Å²) in [6.45, 7) is 0. The van der Waals surface area contributed by atoms with Crippen molar-refractivity contribution in [3.05, 3.63) is 124 Å². The molecule has 196 valence electrons. The topological polar surface area (TPSA) is 100 Å². The Morgan fingerprint density at radius 2 is 1.32 bits per heavy atom. The molecule has 1 N–H and O–H groups in total. The molecule has 0 aliphatic carbocycles. The van der Waals surface area contributed by atoms with E-state index in [2.05, 4.69) is 15.9 Å². The molecule has 5 aromatic rings. The number of aldehydes is 1. The number of amides is 2. The van der Waals surface area contributed by atoms with Gasteiger partial charge in [0.15, 0.2) is 5.82 Å². The SMILES string of the molecule is CO.O=Cc1ccc2c(c1)C(=O)N(c1cccc(-c3cc(-c4ccc(Br)cc4)nc(-c4ccccc4)n3)c1)C2=O. The predicted octanol–water partition coefficient (Wildman–Crippen LogP) is 6.46. The van der Waals surface area contributed by atoms with Gasteiger partial charge in [-0.2, -0.15) is 0 Å². The number of carbonyl (C=O) groups is 3. The number of aliphatic hydroxyl groups excluding tert-OH is 1. The summed E-state index contributed by atoms with van der Waals surface area (Å²) in [4.78, 5) is 48.3. The number of halogens is 1. The molecule has 0 spiro atoms. The normalized spacial score (nSPS) is 12.0. The molecule has 6 rings (SSSR count). The Morgan fingerprint density at radius 3 is 2.02 bits per heavy atom. The van der Waals surface area contributed by atoms with Gasteiger partial charge in [0.1, 0.15) is 6.29 Å². The molecule has 2 heterocycles. The van der Waals surface area contributed by atoms with Gasteiger partial charge in [-0.15, -0.1) is 0 Å². The molecule has 0 radical (unpaired) electrons. The first-order valence-corrected chi connectivity index (χ1v) is 13.0. The number of nitrogens with zero attached hydrogens (tertiary/aromatic N) is 3. The van der Waals surface area contributed by atoms with Crippen molar-refractivity contribution in [1.29, 1.82) is 0 Å². The fourth-order valence-electron chi connectivity index (χ4n) is 4.45. The van der Waals surface area contributed by atoms with Crippen molar-refractivity contribution in [2.24, 2.45) is 0 Å². The first kappa shape index (κ1) is 26.8. The van der Waals surface area contributed by atoms with Gasteiger partial charge >= 0.3 is 0 Å². The maximum atomic E-state index is 13.2. The van der Waals surface area contributed by atoms with Crippen molar-refractivity contribution >= 4 is 39.7 Å². The Balaban J connectivity index is 0.00000158. The Kier molecular flexibility index (Phi) is 7.72. The van der Waals surface area contributed by atoms with Gasteiger partial charge in [0, 0.05) is 33.8 Å². The highest BCUT2D eigenvalue weighted by atomic mass is 79.9. The molecule has 4 aromatic carbocycles. The minimum absolute atomic E-state index is 0.218. The lowest BCUT2D eigenvalue weighted by Crippen LogP contribution is -2.29. The average Bonchev–Trinajstić information content (AvgIpc) is 3.27.